The topological polar surface area (TPSA) is 68.3 Å². The van der Waals surface area contributed by atoms with Gasteiger partial charge >= 0.3 is 0 Å². The van der Waals surface area contributed by atoms with E-state index in [4.69, 9.17) is 0 Å². The molecule has 1 aliphatic rings. The van der Waals surface area contributed by atoms with Crippen molar-refractivity contribution in [1.29, 1.82) is 0 Å². The number of hydrogen-bond donors (Lipinski definition) is 0. The molecule has 4 nitrogen and oxygen atoms in total. The molecule has 3 atom stereocenters. The average Bonchev–Trinajstić information content (AvgIpc) is 2.94. The van der Waals surface area contributed by atoms with E-state index in [9.17, 15) is 19.2 Å². The molecule has 0 N–H and O–H groups in total. The van der Waals surface area contributed by atoms with Crippen molar-refractivity contribution in [3.05, 3.63) is 70.8 Å². The number of carbonyl (C=O) groups is 4. The molecule has 0 radical (unpaired) electrons. The number of rotatable bonds is 11. The number of benzene rings is 2. The third-order valence-corrected chi connectivity index (χ3v) is 7.51. The molecule has 0 fully saturated rings. The molecule has 0 heterocycles. The van der Waals surface area contributed by atoms with Crippen LogP contribution in [-0.4, -0.2) is 23.1 Å². The second-order valence-electron chi connectivity index (χ2n) is 11.6. The Morgan fingerprint density at radius 2 is 1.43 bits per heavy atom. The molecule has 0 aliphatic heterocycles. The molecule has 4 heteroatoms. The Hall–Kier alpha value is -2.88. The third kappa shape index (κ3) is 15.4. The van der Waals surface area contributed by atoms with Crippen LogP contribution in [0.4, 0.5) is 0 Å². The van der Waals surface area contributed by atoms with E-state index < -0.39 is 0 Å². The number of fused-ring (bicyclic) bond motifs is 1. The van der Waals surface area contributed by atoms with E-state index in [0.29, 0.717) is 18.8 Å². The van der Waals surface area contributed by atoms with Gasteiger partial charge in [-0.2, -0.15) is 0 Å². The summed E-state index contributed by atoms with van der Waals surface area (Å²) in [4.78, 5) is 46.4. The highest BCUT2D eigenvalue weighted by molar-refractivity contribution is 6.00. The van der Waals surface area contributed by atoms with E-state index in [1.807, 2.05) is 39.0 Å². The van der Waals surface area contributed by atoms with E-state index in [0.717, 1.165) is 55.2 Å². The molecule has 0 amide bonds. The van der Waals surface area contributed by atoms with E-state index in [-0.39, 0.29) is 41.4 Å². The SMILES string of the molecule is CCC.CCC(C)=O.CCCC(CC1CC(=O)c2c(C)cccc2C1)C(CC)C(=O)CC(C)=O.CCc1ccccc1. The van der Waals surface area contributed by atoms with E-state index in [2.05, 4.69) is 58.0 Å². The molecule has 2 aromatic rings. The Balaban J connectivity index is 0.000000854. The van der Waals surface area contributed by atoms with E-state index in [1.165, 1.54) is 18.9 Å². The monoisotopic (exact) mass is 578 g/mol. The minimum atomic E-state index is -0.0622. The van der Waals surface area contributed by atoms with Crippen LogP contribution in [-0.2, 0) is 27.2 Å². The van der Waals surface area contributed by atoms with Gasteiger partial charge in [0.15, 0.2) is 5.78 Å². The first-order valence-corrected chi connectivity index (χ1v) is 16.2. The zero-order valence-corrected chi connectivity index (χ0v) is 28.1. The minimum absolute atomic E-state index is 0.0460. The molecule has 0 bridgehead atoms. The van der Waals surface area contributed by atoms with Crippen LogP contribution in [0.1, 0.15) is 134 Å². The lowest BCUT2D eigenvalue weighted by molar-refractivity contribution is -0.130. The van der Waals surface area contributed by atoms with Crippen LogP contribution in [0.15, 0.2) is 48.5 Å². The molecule has 3 rings (SSSR count). The van der Waals surface area contributed by atoms with Crippen molar-refractivity contribution in [2.24, 2.45) is 17.8 Å². The smallest absolute Gasteiger partial charge is 0.163 e. The van der Waals surface area contributed by atoms with Crippen molar-refractivity contribution in [1.82, 2.24) is 0 Å². The molecule has 42 heavy (non-hydrogen) atoms. The van der Waals surface area contributed by atoms with Gasteiger partial charge in [-0.1, -0.05) is 109 Å². The molecule has 0 saturated carbocycles. The molecule has 2 aromatic carbocycles. The van der Waals surface area contributed by atoms with E-state index in [1.54, 1.807) is 6.92 Å². The van der Waals surface area contributed by atoms with Crippen LogP contribution in [0.5, 0.6) is 0 Å². The Kier molecular flexibility index (Phi) is 21.1. The summed E-state index contributed by atoms with van der Waals surface area (Å²) in [7, 11) is 0. The second kappa shape index (κ2) is 22.7. The summed E-state index contributed by atoms with van der Waals surface area (Å²) in [5.41, 5.74) is 4.55. The Morgan fingerprint density at radius 1 is 0.833 bits per heavy atom. The number of Topliss-reactive ketones (excluding diaryl/α,β-unsaturated/α-hetero) is 4. The fourth-order valence-electron chi connectivity index (χ4n) is 5.41. The van der Waals surface area contributed by atoms with Crippen molar-refractivity contribution >= 4 is 23.1 Å². The molecule has 234 valence electrons. The summed E-state index contributed by atoms with van der Waals surface area (Å²) in [6.07, 6.45) is 8.27. The van der Waals surface area contributed by atoms with Gasteiger partial charge in [0.05, 0.1) is 6.42 Å². The summed E-state index contributed by atoms with van der Waals surface area (Å²) < 4.78 is 0. The summed E-state index contributed by atoms with van der Waals surface area (Å²) in [5.74, 6) is 1.02. The highest BCUT2D eigenvalue weighted by Crippen LogP contribution is 2.36. The van der Waals surface area contributed by atoms with Crippen molar-refractivity contribution < 1.29 is 19.2 Å². The van der Waals surface area contributed by atoms with Gasteiger partial charge in [0.1, 0.15) is 17.3 Å². The predicted octanol–water partition coefficient (Wildman–Crippen LogP) is 9.77. The Labute approximate surface area is 257 Å². The van der Waals surface area contributed by atoms with Gasteiger partial charge < -0.3 is 4.79 Å². The van der Waals surface area contributed by atoms with Crippen molar-refractivity contribution in [2.45, 2.75) is 127 Å². The van der Waals surface area contributed by atoms with Gasteiger partial charge in [-0.3, -0.25) is 14.4 Å². The van der Waals surface area contributed by atoms with E-state index >= 15 is 0 Å². The molecule has 3 unspecified atom stereocenters. The summed E-state index contributed by atoms with van der Waals surface area (Å²) in [6, 6.07) is 16.6. The van der Waals surface area contributed by atoms with Crippen LogP contribution in [0, 0.1) is 24.7 Å². The maximum absolute atomic E-state index is 12.7. The van der Waals surface area contributed by atoms with Crippen LogP contribution in [0.25, 0.3) is 0 Å². The fourth-order valence-corrected chi connectivity index (χ4v) is 5.41. The number of hydrogen-bond acceptors (Lipinski definition) is 4. The lowest BCUT2D eigenvalue weighted by atomic mass is 9.72. The zero-order valence-electron chi connectivity index (χ0n) is 28.1. The van der Waals surface area contributed by atoms with Gasteiger partial charge in [0.25, 0.3) is 0 Å². The largest absolute Gasteiger partial charge is 0.300 e. The van der Waals surface area contributed by atoms with Gasteiger partial charge in [-0.05, 0) is 75.0 Å². The quantitative estimate of drug-likeness (QED) is 0.249. The molecular weight excluding hydrogens is 520 g/mol. The molecule has 1 aliphatic carbocycles. The molecule has 0 spiro atoms. The number of aryl methyl sites for hydroxylation is 2. The molecular formula is C38H58O4. The zero-order chi connectivity index (χ0) is 32.1. The summed E-state index contributed by atoms with van der Waals surface area (Å²) >= 11 is 0. The lowest BCUT2D eigenvalue weighted by Crippen LogP contribution is -2.29. The molecule has 0 aromatic heterocycles. The van der Waals surface area contributed by atoms with Crippen molar-refractivity contribution in [2.75, 3.05) is 0 Å². The average molecular weight is 579 g/mol. The van der Waals surface area contributed by atoms with Gasteiger partial charge in [-0.25, -0.2) is 0 Å². The van der Waals surface area contributed by atoms with Gasteiger partial charge in [-0.15, -0.1) is 0 Å². The van der Waals surface area contributed by atoms with Crippen LogP contribution >= 0.6 is 0 Å². The van der Waals surface area contributed by atoms with Crippen LogP contribution in [0.3, 0.4) is 0 Å². The first-order valence-electron chi connectivity index (χ1n) is 16.2. The third-order valence-electron chi connectivity index (χ3n) is 7.51. The maximum atomic E-state index is 12.7. The minimum Gasteiger partial charge on any atom is -0.300 e. The fraction of sp³-hybridized carbons (Fsp3) is 0.579. The summed E-state index contributed by atoms with van der Waals surface area (Å²) in [5, 5.41) is 0. The van der Waals surface area contributed by atoms with Gasteiger partial charge in [0.2, 0.25) is 0 Å². The Bertz CT molecular complexity index is 1070. The Morgan fingerprint density at radius 3 is 1.88 bits per heavy atom. The normalized spacial score (nSPS) is 14.8. The first-order chi connectivity index (χ1) is 20.0. The van der Waals surface area contributed by atoms with Crippen molar-refractivity contribution in [3.8, 4) is 0 Å². The van der Waals surface area contributed by atoms with Crippen molar-refractivity contribution in [3.63, 3.8) is 0 Å². The van der Waals surface area contributed by atoms with Gasteiger partial charge in [0, 0.05) is 24.3 Å². The lowest BCUT2D eigenvalue weighted by Gasteiger charge is -2.31. The second-order valence-corrected chi connectivity index (χ2v) is 11.6. The first kappa shape index (κ1) is 39.1. The molecule has 0 saturated heterocycles. The maximum Gasteiger partial charge on any atom is 0.163 e. The summed E-state index contributed by atoms with van der Waals surface area (Å²) in [6.45, 7) is 17.5. The highest BCUT2D eigenvalue weighted by Gasteiger charge is 2.32. The highest BCUT2D eigenvalue weighted by atomic mass is 16.1. The number of ketones is 4. The van der Waals surface area contributed by atoms with Crippen LogP contribution in [0.2, 0.25) is 0 Å². The standard InChI is InChI=1S/C23H32O3.C8H10.C4H8O.C3H8/c1-5-8-18(20(6-2)21(25)11-16(4)24)12-17-13-19-10-7-9-15(3)23(19)22(26)14-17;1-2-8-6-4-3-5-7-8;1-3-4(2)5;1-3-2/h7,9-10,17-18,20H,5-6,8,11-14H2,1-4H3;3-7H,2H2,1H3;3H2,1-2H3;3H2,1-2H3. The van der Waals surface area contributed by atoms with Crippen LogP contribution < -0.4 is 0 Å². The predicted molar refractivity (Wildman–Crippen MR) is 177 cm³/mol. The number of carbonyl (C=O) groups excluding carboxylic acids is 4.